The van der Waals surface area contributed by atoms with Gasteiger partial charge in [0.2, 0.25) is 0 Å². The predicted molar refractivity (Wildman–Crippen MR) is 234 cm³/mol. The van der Waals surface area contributed by atoms with Gasteiger partial charge >= 0.3 is 0 Å². The normalized spacial score (nSPS) is 11.6. The second kappa shape index (κ2) is 13.3. The molecular weight excluding hydrogens is 701 g/mol. The van der Waals surface area contributed by atoms with Crippen LogP contribution in [0.15, 0.2) is 194 Å². The van der Waals surface area contributed by atoms with Crippen molar-refractivity contribution in [3.63, 3.8) is 0 Å². The highest BCUT2D eigenvalue weighted by Crippen LogP contribution is 2.39. The molecule has 0 spiro atoms. The predicted octanol–water partition coefficient (Wildman–Crippen LogP) is 13.7. The van der Waals surface area contributed by atoms with Crippen LogP contribution in [0.25, 0.3) is 104 Å². The van der Waals surface area contributed by atoms with Gasteiger partial charge in [-0.3, -0.25) is 0 Å². The van der Waals surface area contributed by atoms with E-state index in [0.29, 0.717) is 17.5 Å². The van der Waals surface area contributed by atoms with Crippen LogP contribution in [0.5, 0.6) is 0 Å². The zero-order valence-electron chi connectivity index (χ0n) is 30.2. The monoisotopic (exact) mass is 732 g/mol. The van der Waals surface area contributed by atoms with Gasteiger partial charge in [0.1, 0.15) is 0 Å². The molecule has 262 valence electrons. The highest BCUT2D eigenvalue weighted by molar-refractivity contribution is 7.25. The highest BCUT2D eigenvalue weighted by Gasteiger charge is 2.18. The van der Waals surface area contributed by atoms with Crippen LogP contribution in [0.1, 0.15) is 0 Å². The fraction of sp³-hybridized carbons (Fsp3) is 0. The van der Waals surface area contributed by atoms with E-state index in [0.717, 1.165) is 44.5 Å². The minimum atomic E-state index is 0.626. The summed E-state index contributed by atoms with van der Waals surface area (Å²) in [6, 6.07) is 68.6. The maximum atomic E-state index is 5.21. The lowest BCUT2D eigenvalue weighted by Crippen LogP contribution is -2.01. The van der Waals surface area contributed by atoms with Gasteiger partial charge in [-0.2, -0.15) is 0 Å². The van der Waals surface area contributed by atoms with Crippen LogP contribution in [0.3, 0.4) is 0 Å². The smallest absolute Gasteiger partial charge is 0.164 e. The van der Waals surface area contributed by atoms with Crippen molar-refractivity contribution in [3.8, 4) is 62.1 Å². The second-order valence-electron chi connectivity index (χ2n) is 14.0. The maximum Gasteiger partial charge on any atom is 0.164 e. The lowest BCUT2D eigenvalue weighted by Gasteiger charge is -2.13. The minimum Gasteiger partial charge on any atom is -0.309 e. The molecular formula is C51H32N4S. The molecule has 11 rings (SSSR count). The average Bonchev–Trinajstić information content (AvgIpc) is 3.82. The molecule has 0 fully saturated rings. The first-order valence-electron chi connectivity index (χ1n) is 18.8. The summed E-state index contributed by atoms with van der Waals surface area (Å²) in [7, 11) is 0. The van der Waals surface area contributed by atoms with Crippen molar-refractivity contribution in [3.05, 3.63) is 194 Å². The van der Waals surface area contributed by atoms with E-state index in [9.17, 15) is 0 Å². The van der Waals surface area contributed by atoms with E-state index in [4.69, 9.17) is 15.0 Å². The number of benzene rings is 8. The molecule has 0 N–H and O–H groups in total. The molecule has 56 heavy (non-hydrogen) atoms. The van der Waals surface area contributed by atoms with Crippen molar-refractivity contribution in [2.24, 2.45) is 0 Å². The Hall–Kier alpha value is -7.21. The van der Waals surface area contributed by atoms with Crippen LogP contribution in [0.2, 0.25) is 0 Å². The molecule has 0 unspecified atom stereocenters. The van der Waals surface area contributed by atoms with Gasteiger partial charge in [0.05, 0.1) is 11.0 Å². The summed E-state index contributed by atoms with van der Waals surface area (Å²) in [6.07, 6.45) is 0. The van der Waals surface area contributed by atoms with Gasteiger partial charge in [0, 0.05) is 53.3 Å². The minimum absolute atomic E-state index is 0.626. The molecule has 5 heteroatoms. The first kappa shape index (κ1) is 32.2. The Kier molecular flexibility index (Phi) is 7.64. The molecule has 0 saturated carbocycles. The van der Waals surface area contributed by atoms with Gasteiger partial charge in [-0.25, -0.2) is 15.0 Å². The van der Waals surface area contributed by atoms with E-state index in [1.165, 1.54) is 42.1 Å². The molecule has 0 radical (unpaired) electrons. The molecule has 11 aromatic rings. The van der Waals surface area contributed by atoms with Gasteiger partial charge in [-0.05, 0) is 58.7 Å². The second-order valence-corrected chi connectivity index (χ2v) is 15.1. The Morgan fingerprint density at radius 2 is 0.893 bits per heavy atom. The Morgan fingerprint density at radius 1 is 0.321 bits per heavy atom. The van der Waals surface area contributed by atoms with Crippen molar-refractivity contribution >= 4 is 53.3 Å². The molecule has 4 nitrogen and oxygen atoms in total. The van der Waals surface area contributed by atoms with E-state index in [1.54, 1.807) is 0 Å². The third kappa shape index (κ3) is 5.48. The van der Waals surface area contributed by atoms with Crippen LogP contribution < -0.4 is 0 Å². The molecule has 0 aliphatic heterocycles. The first-order valence-corrected chi connectivity index (χ1v) is 19.6. The van der Waals surface area contributed by atoms with Crippen molar-refractivity contribution in [2.75, 3.05) is 0 Å². The largest absolute Gasteiger partial charge is 0.309 e. The molecule has 0 saturated heterocycles. The first-order chi connectivity index (χ1) is 27.7. The topological polar surface area (TPSA) is 43.6 Å². The van der Waals surface area contributed by atoms with Gasteiger partial charge in [-0.15, -0.1) is 11.3 Å². The van der Waals surface area contributed by atoms with E-state index in [2.05, 4.69) is 168 Å². The molecule has 0 amide bonds. The van der Waals surface area contributed by atoms with Crippen LogP contribution in [-0.2, 0) is 0 Å². The molecule has 0 aliphatic rings. The van der Waals surface area contributed by atoms with Crippen LogP contribution in [0, 0.1) is 0 Å². The van der Waals surface area contributed by atoms with E-state index in [-0.39, 0.29) is 0 Å². The SMILES string of the molecule is c1ccc(-c2nc(-c3ccc4c5ccccc5n(-c5cccc(-c6ccc7c(c6)sc6ccccc67)c5)c4c3)nc(-c3ccccc3-c3ccccc3)n2)cc1. The van der Waals surface area contributed by atoms with Crippen molar-refractivity contribution < 1.29 is 0 Å². The quantitative estimate of drug-likeness (QED) is 0.171. The van der Waals surface area contributed by atoms with Gasteiger partial charge in [0.25, 0.3) is 0 Å². The fourth-order valence-electron chi connectivity index (χ4n) is 8.01. The highest BCUT2D eigenvalue weighted by atomic mass is 32.1. The number of hydrogen-bond acceptors (Lipinski definition) is 4. The summed E-state index contributed by atoms with van der Waals surface area (Å²) in [5.41, 5.74) is 10.7. The Bertz CT molecular complexity index is 3250. The Morgan fingerprint density at radius 3 is 1.73 bits per heavy atom. The van der Waals surface area contributed by atoms with Crippen molar-refractivity contribution in [1.29, 1.82) is 0 Å². The summed E-state index contributed by atoms with van der Waals surface area (Å²) in [4.78, 5) is 15.4. The third-order valence-corrected chi connectivity index (χ3v) is 11.8. The van der Waals surface area contributed by atoms with Crippen molar-refractivity contribution in [2.45, 2.75) is 0 Å². The molecule has 0 aliphatic carbocycles. The third-order valence-electron chi connectivity index (χ3n) is 10.7. The Labute approximate surface area is 327 Å². The molecule has 3 aromatic heterocycles. The maximum absolute atomic E-state index is 5.21. The number of aromatic nitrogens is 4. The van der Waals surface area contributed by atoms with Crippen LogP contribution in [-0.4, -0.2) is 19.5 Å². The number of thiophene rings is 1. The molecule has 8 aromatic carbocycles. The number of fused-ring (bicyclic) bond motifs is 6. The fourth-order valence-corrected chi connectivity index (χ4v) is 9.15. The lowest BCUT2D eigenvalue weighted by atomic mass is 9.99. The van der Waals surface area contributed by atoms with E-state index >= 15 is 0 Å². The van der Waals surface area contributed by atoms with Crippen LogP contribution in [0.4, 0.5) is 0 Å². The van der Waals surface area contributed by atoms with Crippen LogP contribution >= 0.6 is 11.3 Å². The standard InChI is InChI=1S/C51H32N4S/c1-3-14-33(15-4-1)39-20-7-8-23-44(39)51-53-49(34-16-5-2-6-17-34)52-50(54-51)37-27-28-41-40-21-9-11-24-45(40)55(46(41)31-37)38-19-13-18-35(30-38)36-26-29-43-42-22-10-12-25-47(42)56-48(43)32-36/h1-32H. The number of hydrogen-bond donors (Lipinski definition) is 0. The average molecular weight is 733 g/mol. The van der Waals surface area contributed by atoms with Gasteiger partial charge < -0.3 is 4.57 Å². The molecule has 0 atom stereocenters. The van der Waals surface area contributed by atoms with Gasteiger partial charge in [0.15, 0.2) is 17.5 Å². The lowest BCUT2D eigenvalue weighted by molar-refractivity contribution is 1.07. The molecule has 3 heterocycles. The number of nitrogens with zero attached hydrogens (tertiary/aromatic N) is 4. The number of rotatable bonds is 6. The summed E-state index contributed by atoms with van der Waals surface area (Å²) >= 11 is 1.85. The zero-order chi connectivity index (χ0) is 37.0. The van der Waals surface area contributed by atoms with E-state index in [1.807, 2.05) is 41.7 Å². The summed E-state index contributed by atoms with van der Waals surface area (Å²) in [6.45, 7) is 0. The van der Waals surface area contributed by atoms with E-state index < -0.39 is 0 Å². The van der Waals surface area contributed by atoms with Gasteiger partial charge in [-0.1, -0.05) is 158 Å². The summed E-state index contributed by atoms with van der Waals surface area (Å²) < 4.78 is 4.99. The molecule has 0 bridgehead atoms. The summed E-state index contributed by atoms with van der Waals surface area (Å²) in [5.74, 6) is 1.90. The zero-order valence-corrected chi connectivity index (χ0v) is 31.0. The Balaban J connectivity index is 1.09. The van der Waals surface area contributed by atoms with Crippen molar-refractivity contribution in [1.82, 2.24) is 19.5 Å². The number of para-hydroxylation sites is 1. The summed E-state index contributed by atoms with van der Waals surface area (Å²) in [5, 5.41) is 4.99.